The highest BCUT2D eigenvalue weighted by Crippen LogP contribution is 2.48. The molecule has 2 saturated carbocycles. The van der Waals surface area contributed by atoms with Crippen molar-refractivity contribution >= 4 is 12.1 Å². The first-order valence-electron chi connectivity index (χ1n) is 6.50. The van der Waals surface area contributed by atoms with Gasteiger partial charge in [0.05, 0.1) is 5.92 Å². The van der Waals surface area contributed by atoms with E-state index in [9.17, 15) is 14.7 Å². The molecule has 5 heteroatoms. The van der Waals surface area contributed by atoms with E-state index in [0.29, 0.717) is 5.92 Å². The third kappa shape index (κ3) is 2.60. The number of nitrogens with one attached hydrogen (secondary N) is 1. The fraction of sp³-hybridized carbons (Fsp3) is 0.846. The molecular weight excluding hydrogens is 234 g/mol. The van der Waals surface area contributed by atoms with Crippen molar-refractivity contribution in [3.8, 4) is 0 Å². The number of fused-ring (bicyclic) bond motifs is 2. The van der Waals surface area contributed by atoms with E-state index in [1.807, 2.05) is 0 Å². The molecule has 0 aromatic carbocycles. The monoisotopic (exact) mass is 255 g/mol. The Hall–Kier alpha value is -1.26. The average molecular weight is 255 g/mol. The molecule has 0 saturated heterocycles. The molecule has 0 aromatic heterocycles. The van der Waals surface area contributed by atoms with E-state index in [1.54, 1.807) is 20.8 Å². The van der Waals surface area contributed by atoms with Crippen LogP contribution in [0.5, 0.6) is 0 Å². The van der Waals surface area contributed by atoms with Gasteiger partial charge in [0.1, 0.15) is 5.60 Å². The quantitative estimate of drug-likeness (QED) is 0.791. The molecule has 0 heterocycles. The zero-order chi connectivity index (χ0) is 13.5. The van der Waals surface area contributed by atoms with Gasteiger partial charge in [-0.05, 0) is 51.9 Å². The number of aliphatic carboxylic acids is 1. The van der Waals surface area contributed by atoms with E-state index in [2.05, 4.69) is 5.32 Å². The first-order valence-corrected chi connectivity index (χ1v) is 6.50. The number of amides is 1. The van der Waals surface area contributed by atoms with E-state index in [0.717, 1.165) is 19.3 Å². The molecule has 2 rings (SSSR count). The molecule has 5 nitrogen and oxygen atoms in total. The van der Waals surface area contributed by atoms with Crippen molar-refractivity contribution in [2.24, 2.45) is 17.8 Å². The number of alkyl carbamates (subject to hydrolysis) is 1. The molecule has 0 radical (unpaired) electrons. The second-order valence-electron chi connectivity index (χ2n) is 6.37. The van der Waals surface area contributed by atoms with Gasteiger partial charge in [-0.3, -0.25) is 4.79 Å². The van der Waals surface area contributed by atoms with Crippen LogP contribution in [0.2, 0.25) is 0 Å². The smallest absolute Gasteiger partial charge is 0.407 e. The average Bonchev–Trinajstić information content (AvgIpc) is 2.73. The topological polar surface area (TPSA) is 75.6 Å². The number of carboxylic acids is 1. The molecule has 2 aliphatic carbocycles. The lowest BCUT2D eigenvalue weighted by molar-refractivity contribution is -0.144. The van der Waals surface area contributed by atoms with Gasteiger partial charge >= 0.3 is 12.1 Å². The summed E-state index contributed by atoms with van der Waals surface area (Å²) < 4.78 is 5.19. The Labute approximate surface area is 107 Å². The largest absolute Gasteiger partial charge is 0.481 e. The summed E-state index contributed by atoms with van der Waals surface area (Å²) in [6, 6.07) is -0.268. The minimum absolute atomic E-state index is 0.215. The first kappa shape index (κ1) is 13.2. The molecule has 0 unspecified atom stereocenters. The number of ether oxygens (including phenoxy) is 1. The second-order valence-corrected chi connectivity index (χ2v) is 6.37. The fourth-order valence-corrected chi connectivity index (χ4v) is 3.30. The molecule has 2 fully saturated rings. The van der Waals surface area contributed by atoms with Crippen LogP contribution in [0.25, 0.3) is 0 Å². The van der Waals surface area contributed by atoms with Crippen LogP contribution in [0.4, 0.5) is 4.79 Å². The van der Waals surface area contributed by atoms with E-state index < -0.39 is 23.6 Å². The van der Waals surface area contributed by atoms with Crippen LogP contribution in [0.1, 0.15) is 40.0 Å². The predicted molar refractivity (Wildman–Crippen MR) is 65.1 cm³/mol. The Morgan fingerprint density at radius 2 is 1.83 bits per heavy atom. The highest BCUT2D eigenvalue weighted by Gasteiger charge is 2.51. The zero-order valence-corrected chi connectivity index (χ0v) is 11.1. The SMILES string of the molecule is CC(C)(C)OC(=O)N[C@H]1[C@@H]2CC[C@H](C2)[C@@H]1C(=O)O. The molecule has 18 heavy (non-hydrogen) atoms. The summed E-state index contributed by atoms with van der Waals surface area (Å²) in [4.78, 5) is 23.0. The second kappa shape index (κ2) is 4.44. The Bertz CT molecular complexity index is 360. The van der Waals surface area contributed by atoms with Crippen LogP contribution in [-0.4, -0.2) is 28.8 Å². The van der Waals surface area contributed by atoms with E-state index in [4.69, 9.17) is 4.74 Å². The van der Waals surface area contributed by atoms with Gasteiger partial charge in [0.25, 0.3) is 0 Å². The number of rotatable bonds is 2. The summed E-state index contributed by atoms with van der Waals surface area (Å²) in [6.45, 7) is 5.38. The molecule has 102 valence electrons. The summed E-state index contributed by atoms with van der Waals surface area (Å²) in [5.74, 6) is -0.740. The predicted octanol–water partition coefficient (Wildman–Crippen LogP) is 2.01. The molecule has 1 amide bonds. The Balaban J connectivity index is 2.00. The van der Waals surface area contributed by atoms with Crippen molar-refractivity contribution in [3.05, 3.63) is 0 Å². The third-order valence-electron chi connectivity index (χ3n) is 3.88. The standard InChI is InChI=1S/C13H21NO4/c1-13(2,3)18-12(17)14-10-8-5-4-7(6-8)9(10)11(15)16/h7-10H,4-6H2,1-3H3,(H,14,17)(H,15,16)/t7-,8-,9+,10+/m1/s1. The van der Waals surface area contributed by atoms with Gasteiger partial charge in [-0.1, -0.05) is 0 Å². The Morgan fingerprint density at radius 3 is 2.39 bits per heavy atom. The Morgan fingerprint density at radius 1 is 1.22 bits per heavy atom. The van der Waals surface area contributed by atoms with Crippen molar-refractivity contribution in [2.45, 2.75) is 51.7 Å². The van der Waals surface area contributed by atoms with Crippen LogP contribution in [-0.2, 0) is 9.53 Å². The lowest BCUT2D eigenvalue weighted by Crippen LogP contribution is -2.48. The van der Waals surface area contributed by atoms with Crippen LogP contribution < -0.4 is 5.32 Å². The van der Waals surface area contributed by atoms with Gasteiger partial charge in [0.2, 0.25) is 0 Å². The molecule has 0 aromatic rings. The number of carboxylic acid groups (broad SMARTS) is 1. The number of hydrogen-bond donors (Lipinski definition) is 2. The highest BCUT2D eigenvalue weighted by atomic mass is 16.6. The molecule has 2 aliphatic rings. The summed E-state index contributed by atoms with van der Waals surface area (Å²) in [7, 11) is 0. The van der Waals surface area contributed by atoms with Gasteiger partial charge in [0, 0.05) is 6.04 Å². The van der Waals surface area contributed by atoms with Crippen molar-refractivity contribution in [2.75, 3.05) is 0 Å². The normalized spacial score (nSPS) is 34.4. The van der Waals surface area contributed by atoms with E-state index >= 15 is 0 Å². The fourth-order valence-electron chi connectivity index (χ4n) is 3.30. The van der Waals surface area contributed by atoms with Crippen LogP contribution in [0.15, 0.2) is 0 Å². The third-order valence-corrected chi connectivity index (χ3v) is 3.88. The first-order chi connectivity index (χ1) is 8.28. The summed E-state index contributed by atoms with van der Waals surface area (Å²) >= 11 is 0. The van der Waals surface area contributed by atoms with Gasteiger partial charge < -0.3 is 15.2 Å². The van der Waals surface area contributed by atoms with Crippen molar-refractivity contribution in [1.82, 2.24) is 5.32 Å². The maximum atomic E-state index is 11.7. The lowest BCUT2D eigenvalue weighted by atomic mass is 9.84. The number of carbonyl (C=O) groups is 2. The molecule has 4 atom stereocenters. The van der Waals surface area contributed by atoms with Crippen molar-refractivity contribution in [3.63, 3.8) is 0 Å². The maximum absolute atomic E-state index is 11.7. The minimum Gasteiger partial charge on any atom is -0.481 e. The van der Waals surface area contributed by atoms with Crippen LogP contribution in [0.3, 0.4) is 0 Å². The summed E-state index contributed by atoms with van der Waals surface area (Å²) in [5, 5.41) is 12.0. The van der Waals surface area contributed by atoms with Crippen LogP contribution in [0, 0.1) is 17.8 Å². The molecule has 2 bridgehead atoms. The molecule has 2 N–H and O–H groups in total. The molecule has 0 aliphatic heterocycles. The van der Waals surface area contributed by atoms with Crippen molar-refractivity contribution in [1.29, 1.82) is 0 Å². The van der Waals surface area contributed by atoms with Crippen molar-refractivity contribution < 1.29 is 19.4 Å². The lowest BCUT2D eigenvalue weighted by Gasteiger charge is -2.30. The molecular formula is C13H21NO4. The summed E-state index contributed by atoms with van der Waals surface area (Å²) in [5.41, 5.74) is -0.555. The van der Waals surface area contributed by atoms with E-state index in [1.165, 1.54) is 0 Å². The van der Waals surface area contributed by atoms with Crippen LogP contribution >= 0.6 is 0 Å². The van der Waals surface area contributed by atoms with Gasteiger partial charge in [-0.2, -0.15) is 0 Å². The maximum Gasteiger partial charge on any atom is 0.407 e. The number of carbonyl (C=O) groups excluding carboxylic acids is 1. The van der Waals surface area contributed by atoms with Gasteiger partial charge in [0.15, 0.2) is 0 Å². The highest BCUT2D eigenvalue weighted by molar-refractivity contribution is 5.75. The van der Waals surface area contributed by atoms with E-state index in [-0.39, 0.29) is 12.0 Å². The zero-order valence-electron chi connectivity index (χ0n) is 11.1. The molecule has 0 spiro atoms. The Kier molecular flexibility index (Phi) is 3.25. The number of hydrogen-bond acceptors (Lipinski definition) is 3. The minimum atomic E-state index is -0.803. The summed E-state index contributed by atoms with van der Waals surface area (Å²) in [6.07, 6.45) is 2.38. The van der Waals surface area contributed by atoms with Gasteiger partial charge in [-0.15, -0.1) is 0 Å². The van der Waals surface area contributed by atoms with Gasteiger partial charge in [-0.25, -0.2) is 4.79 Å².